The van der Waals surface area contributed by atoms with Crippen LogP contribution in [0, 0.1) is 5.92 Å². The predicted molar refractivity (Wildman–Crippen MR) is 86.3 cm³/mol. The van der Waals surface area contributed by atoms with Gasteiger partial charge in [0.25, 0.3) is 5.91 Å². The van der Waals surface area contributed by atoms with Crippen molar-refractivity contribution in [1.82, 2.24) is 9.88 Å². The van der Waals surface area contributed by atoms with Crippen LogP contribution >= 0.6 is 22.9 Å². The molecular weight excluding hydrogens is 324 g/mol. The van der Waals surface area contributed by atoms with E-state index < -0.39 is 11.9 Å². The number of benzene rings is 1. The number of carbonyl (C=O) groups is 2. The summed E-state index contributed by atoms with van der Waals surface area (Å²) < 4.78 is 0. The van der Waals surface area contributed by atoms with Gasteiger partial charge in [-0.25, -0.2) is 4.98 Å². The van der Waals surface area contributed by atoms with Crippen LogP contribution in [-0.4, -0.2) is 40.5 Å². The fourth-order valence-electron chi connectivity index (χ4n) is 1.89. The van der Waals surface area contributed by atoms with E-state index in [1.165, 1.54) is 16.2 Å². The zero-order valence-corrected chi connectivity index (χ0v) is 13.7. The third-order valence-corrected chi connectivity index (χ3v) is 4.24. The van der Waals surface area contributed by atoms with Crippen LogP contribution in [0.25, 0.3) is 10.6 Å². The van der Waals surface area contributed by atoms with Crippen molar-refractivity contribution in [3.8, 4) is 10.6 Å². The van der Waals surface area contributed by atoms with Crippen LogP contribution in [0.5, 0.6) is 0 Å². The van der Waals surface area contributed by atoms with Crippen molar-refractivity contribution in [3.63, 3.8) is 0 Å². The Hall–Kier alpha value is -1.92. The minimum Gasteiger partial charge on any atom is -0.481 e. The largest absolute Gasteiger partial charge is 0.481 e. The molecule has 1 aromatic carbocycles. The second-order valence-corrected chi connectivity index (χ2v) is 6.27. The molecule has 1 unspecified atom stereocenters. The van der Waals surface area contributed by atoms with Gasteiger partial charge in [0.1, 0.15) is 10.7 Å². The first-order chi connectivity index (χ1) is 10.4. The van der Waals surface area contributed by atoms with Crippen molar-refractivity contribution in [2.75, 3.05) is 13.6 Å². The number of thiazole rings is 1. The van der Waals surface area contributed by atoms with Gasteiger partial charge in [0.15, 0.2) is 0 Å². The van der Waals surface area contributed by atoms with Crippen LogP contribution in [0.3, 0.4) is 0 Å². The minimum absolute atomic E-state index is 0.137. The van der Waals surface area contributed by atoms with Gasteiger partial charge >= 0.3 is 5.97 Å². The molecule has 22 heavy (non-hydrogen) atoms. The first kappa shape index (κ1) is 16.5. The van der Waals surface area contributed by atoms with E-state index in [0.717, 1.165) is 5.56 Å². The van der Waals surface area contributed by atoms with Crippen molar-refractivity contribution < 1.29 is 14.7 Å². The molecular formula is C15H15ClN2O3S. The first-order valence-electron chi connectivity index (χ1n) is 6.58. The van der Waals surface area contributed by atoms with Crippen molar-refractivity contribution in [2.24, 2.45) is 5.92 Å². The van der Waals surface area contributed by atoms with E-state index in [1.807, 2.05) is 12.1 Å². The van der Waals surface area contributed by atoms with Crippen LogP contribution in [-0.2, 0) is 4.79 Å². The van der Waals surface area contributed by atoms with Crippen molar-refractivity contribution >= 4 is 34.8 Å². The molecule has 1 aromatic heterocycles. The smallest absolute Gasteiger partial charge is 0.308 e. The highest BCUT2D eigenvalue weighted by Crippen LogP contribution is 2.26. The van der Waals surface area contributed by atoms with Crippen molar-refractivity contribution in [1.29, 1.82) is 0 Å². The first-order valence-corrected chi connectivity index (χ1v) is 7.84. The number of carboxylic acids is 1. The van der Waals surface area contributed by atoms with Crippen LogP contribution < -0.4 is 0 Å². The molecule has 1 atom stereocenters. The standard InChI is InChI=1S/C15H15ClN2O3S/c1-9(15(20)21)7-18(2)14(19)12-8-22-13(17-12)10-4-3-5-11(16)6-10/h3-6,8-9H,7H2,1-2H3,(H,20,21). The average Bonchev–Trinajstić information content (AvgIpc) is 2.96. The molecule has 116 valence electrons. The van der Waals surface area contributed by atoms with Gasteiger partial charge in [0.05, 0.1) is 5.92 Å². The molecule has 0 saturated carbocycles. The molecule has 2 aromatic rings. The Labute approximate surface area is 137 Å². The summed E-state index contributed by atoms with van der Waals surface area (Å²) in [5.41, 5.74) is 1.15. The van der Waals surface area contributed by atoms with Gasteiger partial charge in [-0.05, 0) is 12.1 Å². The molecule has 0 radical (unpaired) electrons. The Bertz CT molecular complexity index is 702. The number of rotatable bonds is 5. The summed E-state index contributed by atoms with van der Waals surface area (Å²) in [5, 5.41) is 11.9. The number of carboxylic acid groups (broad SMARTS) is 1. The van der Waals surface area contributed by atoms with Gasteiger partial charge in [0, 0.05) is 29.6 Å². The van der Waals surface area contributed by atoms with E-state index in [9.17, 15) is 9.59 Å². The molecule has 0 spiro atoms. The Morgan fingerprint density at radius 2 is 2.18 bits per heavy atom. The van der Waals surface area contributed by atoms with E-state index in [4.69, 9.17) is 16.7 Å². The lowest BCUT2D eigenvalue weighted by Crippen LogP contribution is -2.33. The zero-order valence-electron chi connectivity index (χ0n) is 12.1. The van der Waals surface area contributed by atoms with Crippen LogP contribution in [0.2, 0.25) is 5.02 Å². The monoisotopic (exact) mass is 338 g/mol. The highest BCUT2D eigenvalue weighted by molar-refractivity contribution is 7.13. The number of carbonyl (C=O) groups excluding carboxylic acids is 1. The lowest BCUT2D eigenvalue weighted by Gasteiger charge is -2.18. The average molecular weight is 339 g/mol. The lowest BCUT2D eigenvalue weighted by molar-refractivity contribution is -0.141. The molecule has 0 bridgehead atoms. The van der Waals surface area contributed by atoms with Crippen LogP contribution in [0.4, 0.5) is 0 Å². The molecule has 5 nitrogen and oxygen atoms in total. The SMILES string of the molecule is CC(CN(C)C(=O)c1csc(-c2cccc(Cl)c2)n1)C(=O)O. The maximum Gasteiger partial charge on any atom is 0.308 e. The fourth-order valence-corrected chi connectivity index (χ4v) is 2.87. The number of hydrogen-bond donors (Lipinski definition) is 1. The van der Waals surface area contributed by atoms with Gasteiger partial charge in [-0.15, -0.1) is 11.3 Å². The molecule has 0 fully saturated rings. The van der Waals surface area contributed by atoms with E-state index in [2.05, 4.69) is 4.98 Å². The minimum atomic E-state index is -0.933. The summed E-state index contributed by atoms with van der Waals surface area (Å²) in [5.74, 6) is -1.85. The van der Waals surface area contributed by atoms with E-state index in [-0.39, 0.29) is 12.5 Å². The summed E-state index contributed by atoms with van der Waals surface area (Å²) in [6, 6.07) is 7.24. The number of nitrogens with zero attached hydrogens (tertiary/aromatic N) is 2. The molecule has 0 aliphatic rings. The molecule has 0 aliphatic heterocycles. The number of halogens is 1. The second-order valence-electron chi connectivity index (χ2n) is 4.97. The third kappa shape index (κ3) is 3.84. The Morgan fingerprint density at radius 1 is 1.45 bits per heavy atom. The van der Waals surface area contributed by atoms with Crippen LogP contribution in [0.15, 0.2) is 29.6 Å². The maximum absolute atomic E-state index is 12.3. The zero-order chi connectivity index (χ0) is 16.3. The Morgan fingerprint density at radius 3 is 2.82 bits per heavy atom. The number of aromatic nitrogens is 1. The number of amides is 1. The fraction of sp³-hybridized carbons (Fsp3) is 0.267. The maximum atomic E-state index is 12.3. The molecule has 7 heteroatoms. The van der Waals surface area contributed by atoms with Gasteiger partial charge in [-0.2, -0.15) is 0 Å². The van der Waals surface area contributed by atoms with Crippen molar-refractivity contribution in [2.45, 2.75) is 6.92 Å². The van der Waals surface area contributed by atoms with E-state index >= 15 is 0 Å². The van der Waals surface area contributed by atoms with E-state index in [0.29, 0.717) is 15.7 Å². The summed E-state index contributed by atoms with van der Waals surface area (Å²) in [4.78, 5) is 28.8. The second kappa shape index (κ2) is 6.89. The highest BCUT2D eigenvalue weighted by atomic mass is 35.5. The quantitative estimate of drug-likeness (QED) is 0.908. The van der Waals surface area contributed by atoms with Crippen molar-refractivity contribution in [3.05, 3.63) is 40.4 Å². The Balaban J connectivity index is 2.14. The summed E-state index contributed by atoms with van der Waals surface area (Å²) in [6.07, 6.45) is 0. The van der Waals surface area contributed by atoms with E-state index in [1.54, 1.807) is 31.5 Å². The molecule has 0 aliphatic carbocycles. The predicted octanol–water partition coefficient (Wildman–Crippen LogP) is 3.26. The lowest BCUT2D eigenvalue weighted by atomic mass is 10.2. The molecule has 1 heterocycles. The number of hydrogen-bond acceptors (Lipinski definition) is 4. The van der Waals surface area contributed by atoms with Crippen LogP contribution in [0.1, 0.15) is 17.4 Å². The van der Waals surface area contributed by atoms with Gasteiger partial charge < -0.3 is 10.0 Å². The molecule has 1 amide bonds. The molecule has 0 saturated heterocycles. The summed E-state index contributed by atoms with van der Waals surface area (Å²) in [7, 11) is 1.57. The van der Waals surface area contributed by atoms with Gasteiger partial charge in [0.2, 0.25) is 0 Å². The molecule has 2 rings (SSSR count). The topological polar surface area (TPSA) is 70.5 Å². The highest BCUT2D eigenvalue weighted by Gasteiger charge is 2.20. The third-order valence-electron chi connectivity index (χ3n) is 3.11. The molecule has 1 N–H and O–H groups in total. The summed E-state index contributed by atoms with van der Waals surface area (Å²) in [6.45, 7) is 1.70. The number of aliphatic carboxylic acids is 1. The van der Waals surface area contributed by atoms with Gasteiger partial charge in [-0.3, -0.25) is 9.59 Å². The normalized spacial score (nSPS) is 12.0. The van der Waals surface area contributed by atoms with Gasteiger partial charge in [-0.1, -0.05) is 30.7 Å². The Kier molecular flexibility index (Phi) is 5.15. The summed E-state index contributed by atoms with van der Waals surface area (Å²) >= 11 is 7.30.